The fourth-order valence-corrected chi connectivity index (χ4v) is 9.11. The van der Waals surface area contributed by atoms with Gasteiger partial charge in [-0.2, -0.15) is 0 Å². The molecule has 0 aromatic carbocycles. The van der Waals surface area contributed by atoms with Gasteiger partial charge in [0.1, 0.15) is 17.8 Å². The van der Waals surface area contributed by atoms with E-state index in [1.165, 1.54) is 48.9 Å². The largest absolute Gasteiger partial charge is 0.469 e. The summed E-state index contributed by atoms with van der Waals surface area (Å²) >= 11 is 5.43. The van der Waals surface area contributed by atoms with Crippen LogP contribution < -0.4 is 0 Å². The summed E-state index contributed by atoms with van der Waals surface area (Å²) in [6, 6.07) is 0. The van der Waals surface area contributed by atoms with E-state index in [1.807, 2.05) is 69.2 Å². The Morgan fingerprint density at radius 1 is 0.383 bits per heavy atom. The zero-order valence-corrected chi connectivity index (χ0v) is 82.7. The number of carbonyl (C=O) groups is 14. The minimum atomic E-state index is -0.721. The third-order valence-corrected chi connectivity index (χ3v) is 20.7. The molecule has 2 aliphatic rings. The summed E-state index contributed by atoms with van der Waals surface area (Å²) < 4.78 is 98.7. The monoisotopic (exact) mass is 2080 g/mol. The van der Waals surface area contributed by atoms with Gasteiger partial charge in [-0.1, -0.05) is 222 Å². The maximum atomic E-state index is 12.0. The molecule has 1 saturated heterocycles. The molecule has 0 amide bonds. The molecule has 0 spiro atoms. The molecule has 2 fully saturated rings. The Kier molecular flexibility index (Phi) is 139. The Morgan fingerprint density at radius 2 is 0.716 bits per heavy atom. The van der Waals surface area contributed by atoms with Crippen LogP contribution in [0, 0.1) is 75.4 Å². The summed E-state index contributed by atoms with van der Waals surface area (Å²) in [5.74, 6) is -9.63. The van der Waals surface area contributed by atoms with Crippen molar-refractivity contribution in [3.8, 4) is 0 Å². The molecular formula is C106H225ClO34. The average molecular weight is 2080 g/mol. The molecule has 0 bridgehead atoms. The predicted octanol–water partition coefficient (Wildman–Crippen LogP) is 24.7. The lowest BCUT2D eigenvalue weighted by Crippen LogP contribution is -2.38. The van der Waals surface area contributed by atoms with Crippen LogP contribution in [0.3, 0.4) is 0 Å². The van der Waals surface area contributed by atoms with E-state index in [2.05, 4.69) is 35.0 Å². The van der Waals surface area contributed by atoms with Crippen LogP contribution >= 0.6 is 11.6 Å². The normalized spacial score (nSPS) is 14.3. The minimum absolute atomic E-state index is 0. The van der Waals surface area contributed by atoms with Crippen molar-refractivity contribution in [1.29, 1.82) is 0 Å². The van der Waals surface area contributed by atoms with Gasteiger partial charge in [0, 0.05) is 32.9 Å². The molecule has 0 aromatic rings. The zero-order chi connectivity index (χ0) is 98.4. The van der Waals surface area contributed by atoms with Gasteiger partial charge in [0.05, 0.1) is 150 Å². The number of hydrogen-bond acceptors (Lipinski definition) is 34. The maximum Gasteiger partial charge on any atom is 0.313 e. The van der Waals surface area contributed by atoms with Gasteiger partial charge in [-0.25, -0.2) is 0 Å². The summed E-state index contributed by atoms with van der Waals surface area (Å²) in [6.45, 7) is 55.2. The van der Waals surface area contributed by atoms with Gasteiger partial charge in [-0.3, -0.25) is 67.1 Å². The van der Waals surface area contributed by atoms with Crippen molar-refractivity contribution in [2.24, 2.45) is 75.4 Å². The molecule has 1 saturated carbocycles. The Morgan fingerprint density at radius 3 is 1.04 bits per heavy atom. The maximum absolute atomic E-state index is 12.0. The van der Waals surface area contributed by atoms with Gasteiger partial charge < -0.3 is 94.7 Å². The lowest BCUT2D eigenvalue weighted by atomic mass is 9.86. The van der Waals surface area contributed by atoms with Gasteiger partial charge in [0.25, 0.3) is 0 Å². The van der Waals surface area contributed by atoms with E-state index in [0.29, 0.717) is 45.3 Å². The molecule has 13 unspecified atom stereocenters. The number of halogens is 1. The summed E-state index contributed by atoms with van der Waals surface area (Å²) in [5.41, 5.74) is -2.45. The second-order valence-electron chi connectivity index (χ2n) is 32.8. The lowest BCUT2D eigenvalue weighted by molar-refractivity contribution is -0.193. The van der Waals surface area contributed by atoms with Crippen molar-refractivity contribution in [3.05, 3.63) is 12.7 Å². The first-order valence-electron chi connectivity index (χ1n) is 42.8. The van der Waals surface area contributed by atoms with Gasteiger partial charge in [0.15, 0.2) is 26.2 Å². The Balaban J connectivity index is -0.0000000566. The van der Waals surface area contributed by atoms with E-state index in [4.69, 9.17) is 77.9 Å². The molecular weight excluding hydrogens is 1850 g/mol. The average Bonchev–Trinajstić information content (AvgIpc) is 0.839. The Bertz CT molecular complexity index is 3090. The van der Waals surface area contributed by atoms with Crippen LogP contribution in [-0.2, 0) is 162 Å². The van der Waals surface area contributed by atoms with Gasteiger partial charge >= 0.3 is 83.6 Å². The van der Waals surface area contributed by atoms with E-state index < -0.39 is 142 Å². The fraction of sp³-hybridized carbons (Fsp3) is 0.849. The first-order valence-corrected chi connectivity index (χ1v) is 43.3. The first kappa shape index (κ1) is 188. The molecule has 34 nitrogen and oxygen atoms in total. The van der Waals surface area contributed by atoms with Crippen LogP contribution in [0.25, 0.3) is 0 Å². The highest BCUT2D eigenvalue weighted by Gasteiger charge is 2.38. The highest BCUT2D eigenvalue weighted by molar-refractivity contribution is 6.18. The van der Waals surface area contributed by atoms with E-state index in [-0.39, 0.29) is 199 Å². The highest BCUT2D eigenvalue weighted by atomic mass is 35.5. The smallest absolute Gasteiger partial charge is 0.313 e. The second kappa shape index (κ2) is 104. The number of hydrogen-bond donors (Lipinski definition) is 0. The van der Waals surface area contributed by atoms with E-state index in [9.17, 15) is 67.1 Å². The standard InChI is InChI=1S/C14H24O4.C12H20O5.C12H22O5.C12H20O4.C10H19ClO3.C10H18O5.C10H18O4.C10H20O4.16CH4/c1-10(12(15)17-4)11(2)13(16)18-14(3)8-6-5-7-9-14;1-8(11(13)15-3)9(2)12(14)17-10-6-4-5-7-16-10;1-6-12(4,5)11(14)17-10(3)16-8-7-15-9(2)13;1-7-12(4,5)16-11(14)9(3)8(2)10(13)15-6;1-5-10(3,4)9(12)14-8(2)13-7-6-11;1-5-14-6-15-10(12)8(3)7(2)9(11)13-4;1-6(2)14-10(12)8(4)7(3)9(11)13-5;1-5-10(2,3)9(11)14-8-13-7-6-12-4;;;;;;;;;;;;;;;;/h10-11H,5-9H2,1-4H3;8-10H,4-7H2,1-3H3;10H,6-8H2,1-5H3;7-9H,1H2,2-6H3;8H,5-7H2,1-4H3;7-8H,5-6H2,1-4H3;6-8H,1-5H3;5-8H2,1-4H3;16*1H4. The van der Waals surface area contributed by atoms with Crippen LogP contribution in [0.2, 0.25) is 0 Å². The van der Waals surface area contributed by atoms with E-state index in [0.717, 1.165) is 57.8 Å². The number of carbonyl (C=O) groups excluding carboxylic acids is 14. The third kappa shape index (κ3) is 88.6. The number of methoxy groups -OCH3 is 6. The topological polar surface area (TPSA) is 424 Å². The summed E-state index contributed by atoms with van der Waals surface area (Å²) in [5, 5.41) is 0. The summed E-state index contributed by atoms with van der Waals surface area (Å²) in [4.78, 5) is 160. The fourth-order valence-electron chi connectivity index (χ4n) is 9.02. The molecule has 1 aliphatic carbocycles. The van der Waals surface area contributed by atoms with Crippen molar-refractivity contribution in [3.63, 3.8) is 0 Å². The van der Waals surface area contributed by atoms with Crippen LogP contribution in [0.5, 0.6) is 0 Å². The number of alkyl halides is 1. The van der Waals surface area contributed by atoms with Crippen LogP contribution in [-0.4, -0.2) is 228 Å². The Hall–Kier alpha value is -7.63. The van der Waals surface area contributed by atoms with Crippen LogP contribution in [0.15, 0.2) is 12.7 Å². The van der Waals surface area contributed by atoms with Crippen molar-refractivity contribution >= 4 is 95.2 Å². The third-order valence-electron chi connectivity index (χ3n) is 20.5. The van der Waals surface area contributed by atoms with Crippen LogP contribution in [0.1, 0.15) is 383 Å². The molecule has 141 heavy (non-hydrogen) atoms. The quantitative estimate of drug-likeness (QED) is 0.0137. The molecule has 0 radical (unpaired) electrons. The molecule has 1 heterocycles. The van der Waals surface area contributed by atoms with Gasteiger partial charge in [0.2, 0.25) is 6.29 Å². The number of ether oxygens (including phenoxy) is 20. The molecule has 1 aliphatic heterocycles. The molecule has 860 valence electrons. The van der Waals surface area contributed by atoms with Crippen molar-refractivity contribution < 1.29 is 162 Å². The van der Waals surface area contributed by atoms with Crippen molar-refractivity contribution in [2.45, 2.75) is 419 Å². The van der Waals surface area contributed by atoms with Crippen molar-refractivity contribution in [1.82, 2.24) is 0 Å². The molecule has 2 rings (SSSR count). The SMILES string of the molecule is C.C.C.C.C.C.C.C.C.C.C.C.C.C.C.C.C=CC(C)(C)OC(=O)C(C)C(C)C(=O)OC.CCC(C)(C)C(=O)OC(C)OCCCl.CCC(C)(C)C(=O)OC(C)OCCOC(C)=O.CCC(C)(C)C(=O)OCOCCOC.CCOCOC(=O)C(C)C(C)C(=O)OC.COC(=O)C(C)C(C)C(=O)OC(C)C.COC(=O)C(C)C(C)C(=O)OC1(C)CCCCC1.COC(=O)C(C)C(C)C(=O)OC1CCCCO1. The second-order valence-corrected chi connectivity index (χ2v) is 33.2. The molecule has 13 atom stereocenters. The number of esters is 14. The number of rotatable bonds is 43. The highest BCUT2D eigenvalue weighted by Crippen LogP contribution is 2.33. The lowest BCUT2D eigenvalue weighted by Gasteiger charge is -2.34. The zero-order valence-electron chi connectivity index (χ0n) is 82.0. The molecule has 0 aromatic heterocycles. The van der Waals surface area contributed by atoms with E-state index >= 15 is 0 Å². The van der Waals surface area contributed by atoms with Gasteiger partial charge in [-0.15, -0.1) is 11.6 Å². The first-order chi connectivity index (χ1) is 57.9. The Labute approximate surface area is 868 Å². The van der Waals surface area contributed by atoms with Crippen LogP contribution in [0.4, 0.5) is 0 Å². The summed E-state index contributed by atoms with van der Waals surface area (Å²) in [7, 11) is 8.12. The van der Waals surface area contributed by atoms with Crippen molar-refractivity contribution in [2.75, 3.05) is 108 Å². The van der Waals surface area contributed by atoms with Gasteiger partial charge in [-0.05, 0) is 161 Å². The predicted molar refractivity (Wildman–Crippen MR) is 572 cm³/mol. The van der Waals surface area contributed by atoms with E-state index in [1.54, 1.807) is 131 Å². The molecule has 35 heteroatoms. The molecule has 0 N–H and O–H groups in total. The summed E-state index contributed by atoms with van der Waals surface area (Å²) in [6.07, 6.45) is 9.94. The minimum Gasteiger partial charge on any atom is -0.469 e.